The third-order valence-electron chi connectivity index (χ3n) is 6.57. The Morgan fingerprint density at radius 3 is 2.00 bits per heavy atom. The summed E-state index contributed by atoms with van der Waals surface area (Å²) in [4.78, 5) is 2.61. The standard InChI is InChI=1S/C23H30BrN.C2H6/c1-22(2)7-8-23(3,4)21-14-19-16(13-20(21)22)11-18(24)12-17(19)15-25-9-5-6-10-25;1-2/h11-14H,5-10,15H2,1-4H3;1-2H3. The third kappa shape index (κ3) is 4.12. The van der Waals surface area contributed by atoms with Crippen molar-refractivity contribution in [3.8, 4) is 0 Å². The van der Waals surface area contributed by atoms with Crippen molar-refractivity contribution in [2.45, 2.75) is 84.6 Å². The molecule has 0 unspecified atom stereocenters. The minimum atomic E-state index is 0.274. The number of hydrogen-bond donors (Lipinski definition) is 0. The van der Waals surface area contributed by atoms with Crippen molar-refractivity contribution in [1.29, 1.82) is 0 Å². The molecule has 0 aromatic heterocycles. The molecule has 2 heteroatoms. The fourth-order valence-electron chi connectivity index (χ4n) is 4.78. The van der Waals surface area contributed by atoms with Gasteiger partial charge in [0.1, 0.15) is 0 Å². The molecule has 0 bridgehead atoms. The van der Waals surface area contributed by atoms with Crippen molar-refractivity contribution in [2.24, 2.45) is 0 Å². The fraction of sp³-hybridized carbons (Fsp3) is 0.600. The predicted octanol–water partition coefficient (Wildman–Crippen LogP) is 7.57. The Morgan fingerprint density at radius 2 is 1.41 bits per heavy atom. The molecular weight excluding hydrogens is 394 g/mol. The summed E-state index contributed by atoms with van der Waals surface area (Å²) in [5.41, 5.74) is 5.16. The van der Waals surface area contributed by atoms with Crippen LogP contribution in [-0.4, -0.2) is 18.0 Å². The van der Waals surface area contributed by atoms with Gasteiger partial charge >= 0.3 is 0 Å². The molecule has 0 atom stereocenters. The van der Waals surface area contributed by atoms with Gasteiger partial charge in [-0.05, 0) is 95.3 Å². The number of likely N-dealkylation sites (tertiary alicyclic amines) is 1. The maximum Gasteiger partial charge on any atom is 0.0240 e. The first kappa shape index (κ1) is 20.9. The molecule has 2 aliphatic rings. The van der Waals surface area contributed by atoms with E-state index in [1.54, 1.807) is 11.1 Å². The van der Waals surface area contributed by atoms with E-state index in [2.05, 4.69) is 72.8 Å². The van der Waals surface area contributed by atoms with Gasteiger partial charge in [0.25, 0.3) is 0 Å². The first-order valence-corrected chi connectivity index (χ1v) is 11.6. The second kappa shape index (κ2) is 7.87. The Hall–Kier alpha value is -0.860. The van der Waals surface area contributed by atoms with Crippen molar-refractivity contribution < 1.29 is 0 Å². The van der Waals surface area contributed by atoms with Crippen molar-refractivity contribution >= 4 is 26.7 Å². The van der Waals surface area contributed by atoms with Gasteiger partial charge in [0.05, 0.1) is 0 Å². The molecule has 148 valence electrons. The van der Waals surface area contributed by atoms with Gasteiger partial charge in [0.15, 0.2) is 0 Å². The summed E-state index contributed by atoms with van der Waals surface area (Å²) in [5.74, 6) is 0. The molecular formula is C25H36BrN. The van der Waals surface area contributed by atoms with E-state index in [-0.39, 0.29) is 10.8 Å². The molecule has 2 aromatic rings. The summed E-state index contributed by atoms with van der Waals surface area (Å²) in [7, 11) is 0. The average Bonchev–Trinajstić information content (AvgIpc) is 3.13. The molecule has 0 spiro atoms. The molecule has 1 aliphatic carbocycles. The van der Waals surface area contributed by atoms with Crippen molar-refractivity contribution in [2.75, 3.05) is 13.1 Å². The minimum Gasteiger partial charge on any atom is -0.299 e. The Balaban J connectivity index is 0.00000102. The first-order valence-electron chi connectivity index (χ1n) is 10.8. The molecule has 0 N–H and O–H groups in total. The van der Waals surface area contributed by atoms with Crippen LogP contribution in [0.15, 0.2) is 28.7 Å². The molecule has 1 saturated heterocycles. The highest BCUT2D eigenvalue weighted by Gasteiger charge is 2.37. The highest BCUT2D eigenvalue weighted by atomic mass is 79.9. The van der Waals surface area contributed by atoms with Crippen LogP contribution in [0.1, 0.15) is 83.9 Å². The quantitative estimate of drug-likeness (QED) is 0.475. The van der Waals surface area contributed by atoms with Crippen LogP contribution in [0.3, 0.4) is 0 Å². The summed E-state index contributed by atoms with van der Waals surface area (Å²) in [6, 6.07) is 9.67. The highest BCUT2D eigenvalue weighted by molar-refractivity contribution is 9.10. The van der Waals surface area contributed by atoms with Gasteiger partial charge in [0.2, 0.25) is 0 Å². The van der Waals surface area contributed by atoms with E-state index in [0.717, 1.165) is 6.54 Å². The molecule has 27 heavy (non-hydrogen) atoms. The Labute approximate surface area is 174 Å². The molecule has 0 amide bonds. The molecule has 2 aromatic carbocycles. The second-order valence-electron chi connectivity index (χ2n) is 9.43. The summed E-state index contributed by atoms with van der Waals surface area (Å²) >= 11 is 3.76. The van der Waals surface area contributed by atoms with E-state index >= 15 is 0 Å². The maximum absolute atomic E-state index is 3.76. The lowest BCUT2D eigenvalue weighted by Gasteiger charge is -2.42. The Kier molecular flexibility index (Phi) is 6.08. The zero-order chi connectivity index (χ0) is 19.8. The monoisotopic (exact) mass is 429 g/mol. The lowest BCUT2D eigenvalue weighted by molar-refractivity contribution is 0.330. The van der Waals surface area contributed by atoms with Crippen LogP contribution < -0.4 is 0 Å². The lowest BCUT2D eigenvalue weighted by atomic mass is 9.62. The van der Waals surface area contributed by atoms with Gasteiger partial charge < -0.3 is 0 Å². The van der Waals surface area contributed by atoms with Gasteiger partial charge in [-0.25, -0.2) is 0 Å². The summed E-state index contributed by atoms with van der Waals surface area (Å²) in [6.07, 6.45) is 5.24. The maximum atomic E-state index is 3.76. The van der Waals surface area contributed by atoms with E-state index in [4.69, 9.17) is 0 Å². The van der Waals surface area contributed by atoms with Gasteiger partial charge in [0, 0.05) is 11.0 Å². The van der Waals surface area contributed by atoms with Gasteiger partial charge in [-0.3, -0.25) is 4.90 Å². The van der Waals surface area contributed by atoms with Crippen LogP contribution in [0.25, 0.3) is 10.8 Å². The zero-order valence-corrected chi connectivity index (χ0v) is 19.7. The van der Waals surface area contributed by atoms with Gasteiger partial charge in [-0.2, -0.15) is 0 Å². The fourth-order valence-corrected chi connectivity index (χ4v) is 5.30. The largest absolute Gasteiger partial charge is 0.299 e. The average molecular weight is 430 g/mol. The number of hydrogen-bond acceptors (Lipinski definition) is 1. The third-order valence-corrected chi connectivity index (χ3v) is 7.02. The van der Waals surface area contributed by atoms with E-state index in [1.165, 1.54) is 59.6 Å². The van der Waals surface area contributed by atoms with E-state index in [1.807, 2.05) is 13.8 Å². The van der Waals surface area contributed by atoms with Crippen LogP contribution >= 0.6 is 15.9 Å². The Morgan fingerprint density at radius 1 is 0.852 bits per heavy atom. The van der Waals surface area contributed by atoms with Crippen LogP contribution in [0.5, 0.6) is 0 Å². The summed E-state index contributed by atoms with van der Waals surface area (Å²) in [5, 5.41) is 2.85. The van der Waals surface area contributed by atoms with E-state index in [0.29, 0.717) is 0 Å². The topological polar surface area (TPSA) is 3.24 Å². The van der Waals surface area contributed by atoms with Crippen molar-refractivity contribution in [1.82, 2.24) is 4.90 Å². The number of nitrogens with zero attached hydrogens (tertiary/aromatic N) is 1. The number of benzene rings is 2. The SMILES string of the molecule is CC.CC1(C)CCC(C)(C)c2cc3c(CN4CCCC4)cc(Br)cc3cc21. The van der Waals surface area contributed by atoms with Crippen LogP contribution in [-0.2, 0) is 17.4 Å². The smallest absolute Gasteiger partial charge is 0.0240 e. The molecule has 4 rings (SSSR count). The second-order valence-corrected chi connectivity index (χ2v) is 10.4. The van der Waals surface area contributed by atoms with Crippen LogP contribution in [0.2, 0.25) is 0 Å². The molecule has 0 radical (unpaired) electrons. The number of rotatable bonds is 2. The normalized spacial score (nSPS) is 20.9. The van der Waals surface area contributed by atoms with Gasteiger partial charge in [-0.15, -0.1) is 0 Å². The van der Waals surface area contributed by atoms with Gasteiger partial charge in [-0.1, -0.05) is 63.5 Å². The molecule has 1 fully saturated rings. The minimum absolute atomic E-state index is 0.274. The zero-order valence-electron chi connectivity index (χ0n) is 18.1. The van der Waals surface area contributed by atoms with Crippen LogP contribution in [0.4, 0.5) is 0 Å². The molecule has 1 nitrogen and oxygen atoms in total. The van der Waals surface area contributed by atoms with E-state index < -0.39 is 0 Å². The van der Waals surface area contributed by atoms with E-state index in [9.17, 15) is 0 Å². The number of fused-ring (bicyclic) bond motifs is 2. The summed E-state index contributed by atoms with van der Waals surface area (Å²) in [6.45, 7) is 17.2. The first-order chi connectivity index (χ1) is 12.8. The highest BCUT2D eigenvalue weighted by Crippen LogP contribution is 2.47. The number of halogens is 1. The molecule has 0 saturated carbocycles. The summed E-state index contributed by atoms with van der Waals surface area (Å²) < 4.78 is 1.21. The molecule has 1 heterocycles. The predicted molar refractivity (Wildman–Crippen MR) is 123 cm³/mol. The molecule has 1 aliphatic heterocycles. The van der Waals surface area contributed by atoms with Crippen molar-refractivity contribution in [3.63, 3.8) is 0 Å². The Bertz CT molecular complexity index is 813. The van der Waals surface area contributed by atoms with Crippen molar-refractivity contribution in [3.05, 3.63) is 45.4 Å². The van der Waals surface area contributed by atoms with Crippen LogP contribution in [0, 0.1) is 0 Å². The lowest BCUT2D eigenvalue weighted by Crippen LogP contribution is -2.33.